The van der Waals surface area contributed by atoms with E-state index >= 15 is 0 Å². The molecule has 0 aliphatic heterocycles. The predicted molar refractivity (Wildman–Crippen MR) is 57.9 cm³/mol. The Morgan fingerprint density at radius 1 is 1.40 bits per heavy atom. The Balaban J connectivity index is 2.51. The van der Waals surface area contributed by atoms with Gasteiger partial charge in [0.25, 0.3) is 0 Å². The second-order valence-corrected chi connectivity index (χ2v) is 3.15. The fraction of sp³-hybridized carbons (Fsp3) is 0.0833. The van der Waals surface area contributed by atoms with Crippen LogP contribution in [-0.4, -0.2) is 16.7 Å². The molecule has 0 atom stereocenters. The lowest BCUT2D eigenvalue weighted by atomic mass is 10.1. The summed E-state index contributed by atoms with van der Waals surface area (Å²) in [4.78, 5) is 4.14. The molecular weight excluding hydrogens is 193 g/mol. The number of hydrogen-bond acceptors (Lipinski definition) is 2. The van der Waals surface area contributed by atoms with Gasteiger partial charge >= 0.3 is 0 Å². The van der Waals surface area contributed by atoms with Crippen LogP contribution >= 0.6 is 0 Å². The molecule has 1 aromatic carbocycles. The predicted octanol–water partition coefficient (Wildman–Crippen LogP) is 2.54. The van der Waals surface area contributed by atoms with E-state index in [-0.39, 0.29) is 6.61 Å². The van der Waals surface area contributed by atoms with E-state index in [1.807, 2.05) is 6.07 Å². The van der Waals surface area contributed by atoms with Gasteiger partial charge in [0.05, 0.1) is 12.1 Å². The molecule has 1 heterocycles. The molecule has 0 unspecified atom stereocenters. The van der Waals surface area contributed by atoms with Gasteiger partial charge in [-0.3, -0.25) is 4.98 Å². The molecule has 0 spiro atoms. The van der Waals surface area contributed by atoms with Crippen LogP contribution in [0.4, 0.5) is 4.39 Å². The molecule has 0 saturated carbocycles. The summed E-state index contributed by atoms with van der Waals surface area (Å²) in [6.45, 7) is -0.295. The van der Waals surface area contributed by atoms with Gasteiger partial charge in [0.1, 0.15) is 5.83 Å². The third kappa shape index (κ3) is 2.02. The highest BCUT2D eigenvalue weighted by molar-refractivity contribution is 5.82. The van der Waals surface area contributed by atoms with Gasteiger partial charge in [0.15, 0.2) is 0 Å². The van der Waals surface area contributed by atoms with E-state index in [1.165, 1.54) is 0 Å². The third-order valence-corrected chi connectivity index (χ3v) is 2.15. The summed E-state index contributed by atoms with van der Waals surface area (Å²) >= 11 is 0. The maximum Gasteiger partial charge on any atom is 0.128 e. The minimum Gasteiger partial charge on any atom is -0.392 e. The Bertz CT molecular complexity index is 508. The number of nitrogens with zero attached hydrogens (tertiary/aromatic N) is 1. The first-order valence-electron chi connectivity index (χ1n) is 4.63. The van der Waals surface area contributed by atoms with E-state index in [2.05, 4.69) is 4.98 Å². The Morgan fingerprint density at radius 3 is 3.07 bits per heavy atom. The van der Waals surface area contributed by atoms with Crippen LogP contribution in [0, 0.1) is 0 Å². The van der Waals surface area contributed by atoms with Gasteiger partial charge < -0.3 is 5.11 Å². The minimum atomic E-state index is -0.414. The van der Waals surface area contributed by atoms with Gasteiger partial charge in [-0.2, -0.15) is 0 Å². The average molecular weight is 203 g/mol. The molecule has 0 saturated heterocycles. The number of hydrogen-bond donors (Lipinski definition) is 1. The molecule has 0 aliphatic carbocycles. The van der Waals surface area contributed by atoms with Crippen LogP contribution in [0.25, 0.3) is 16.7 Å². The molecule has 0 bridgehead atoms. The standard InChI is InChI=1S/C12H10FNO/c13-11(5-7-15)9-3-4-12-10(8-9)2-1-6-14-12/h1-6,8,15H,7H2/b11-5-. The molecule has 0 aliphatic rings. The Labute approximate surface area is 86.7 Å². The number of fused-ring (bicyclic) bond motifs is 1. The lowest BCUT2D eigenvalue weighted by Crippen LogP contribution is -1.83. The van der Waals surface area contributed by atoms with Crippen molar-refractivity contribution in [2.45, 2.75) is 0 Å². The largest absolute Gasteiger partial charge is 0.392 e. The fourth-order valence-corrected chi connectivity index (χ4v) is 1.42. The van der Waals surface area contributed by atoms with Crippen molar-refractivity contribution < 1.29 is 9.50 Å². The van der Waals surface area contributed by atoms with Crippen molar-refractivity contribution in [1.29, 1.82) is 0 Å². The number of pyridine rings is 1. The van der Waals surface area contributed by atoms with Crippen molar-refractivity contribution >= 4 is 16.7 Å². The molecule has 2 rings (SSSR count). The van der Waals surface area contributed by atoms with Crippen LogP contribution in [0.2, 0.25) is 0 Å². The lowest BCUT2D eigenvalue weighted by Gasteiger charge is -2.00. The zero-order valence-corrected chi connectivity index (χ0v) is 8.02. The van der Waals surface area contributed by atoms with Gasteiger partial charge in [-0.05, 0) is 30.3 Å². The molecule has 76 valence electrons. The first-order valence-corrected chi connectivity index (χ1v) is 4.63. The summed E-state index contributed by atoms with van der Waals surface area (Å²) in [7, 11) is 0. The molecule has 2 nitrogen and oxygen atoms in total. The quantitative estimate of drug-likeness (QED) is 0.813. The van der Waals surface area contributed by atoms with Crippen LogP contribution in [0.5, 0.6) is 0 Å². The topological polar surface area (TPSA) is 33.1 Å². The average Bonchev–Trinajstić information content (AvgIpc) is 2.29. The number of rotatable bonds is 2. The van der Waals surface area contributed by atoms with E-state index in [1.54, 1.807) is 30.5 Å². The van der Waals surface area contributed by atoms with Crippen LogP contribution < -0.4 is 0 Å². The molecule has 0 amide bonds. The van der Waals surface area contributed by atoms with Crippen LogP contribution in [0.15, 0.2) is 42.6 Å². The first-order chi connectivity index (χ1) is 7.31. The number of halogens is 1. The monoisotopic (exact) mass is 203 g/mol. The van der Waals surface area contributed by atoms with E-state index in [9.17, 15) is 4.39 Å². The molecule has 1 N–H and O–H groups in total. The van der Waals surface area contributed by atoms with Gasteiger partial charge in [-0.1, -0.05) is 6.07 Å². The Morgan fingerprint density at radius 2 is 2.27 bits per heavy atom. The van der Waals surface area contributed by atoms with Crippen molar-refractivity contribution in [2.75, 3.05) is 6.61 Å². The highest BCUT2D eigenvalue weighted by Gasteiger charge is 2.01. The van der Waals surface area contributed by atoms with Gasteiger partial charge in [-0.25, -0.2) is 4.39 Å². The summed E-state index contributed by atoms with van der Waals surface area (Å²) in [5.74, 6) is -0.414. The van der Waals surface area contributed by atoms with E-state index in [4.69, 9.17) is 5.11 Å². The summed E-state index contributed by atoms with van der Waals surface area (Å²) in [5.41, 5.74) is 1.29. The second-order valence-electron chi connectivity index (χ2n) is 3.15. The van der Waals surface area contributed by atoms with Crippen molar-refractivity contribution in [3.8, 4) is 0 Å². The number of aliphatic hydroxyl groups is 1. The summed E-state index contributed by atoms with van der Waals surface area (Å²) in [6, 6.07) is 8.80. The van der Waals surface area contributed by atoms with E-state index in [0.29, 0.717) is 5.56 Å². The van der Waals surface area contributed by atoms with Gasteiger partial charge in [-0.15, -0.1) is 0 Å². The number of aliphatic hydroxyl groups excluding tert-OH is 1. The van der Waals surface area contributed by atoms with E-state index < -0.39 is 5.83 Å². The van der Waals surface area contributed by atoms with Crippen LogP contribution in [-0.2, 0) is 0 Å². The summed E-state index contributed by atoms with van der Waals surface area (Å²) in [5, 5.41) is 9.47. The van der Waals surface area contributed by atoms with Crippen LogP contribution in [0.3, 0.4) is 0 Å². The fourth-order valence-electron chi connectivity index (χ4n) is 1.42. The Hall–Kier alpha value is -1.74. The van der Waals surface area contributed by atoms with Gasteiger partial charge in [0, 0.05) is 17.1 Å². The Kier molecular flexibility index (Phi) is 2.74. The minimum absolute atomic E-state index is 0.295. The molecule has 3 heteroatoms. The molecule has 2 aromatic rings. The highest BCUT2D eigenvalue weighted by Crippen LogP contribution is 2.20. The molecular formula is C12H10FNO. The molecule has 1 aromatic heterocycles. The zero-order valence-electron chi connectivity index (χ0n) is 8.02. The maximum absolute atomic E-state index is 13.3. The lowest BCUT2D eigenvalue weighted by molar-refractivity contribution is 0.342. The highest BCUT2D eigenvalue weighted by atomic mass is 19.1. The van der Waals surface area contributed by atoms with Crippen LogP contribution in [0.1, 0.15) is 5.56 Å². The molecule has 0 fully saturated rings. The third-order valence-electron chi connectivity index (χ3n) is 2.15. The zero-order chi connectivity index (χ0) is 10.7. The summed E-state index contributed by atoms with van der Waals surface area (Å²) in [6.07, 6.45) is 2.83. The van der Waals surface area contributed by atoms with E-state index in [0.717, 1.165) is 17.0 Å². The first kappa shape index (κ1) is 9.80. The smallest absolute Gasteiger partial charge is 0.128 e. The number of benzene rings is 1. The second kappa shape index (κ2) is 4.19. The van der Waals surface area contributed by atoms with Crippen molar-refractivity contribution in [3.05, 3.63) is 48.2 Å². The van der Waals surface area contributed by atoms with Gasteiger partial charge in [0.2, 0.25) is 0 Å². The van der Waals surface area contributed by atoms with Crippen molar-refractivity contribution in [3.63, 3.8) is 0 Å². The molecule has 0 radical (unpaired) electrons. The summed E-state index contributed by atoms with van der Waals surface area (Å²) < 4.78 is 13.3. The normalized spacial score (nSPS) is 12.0. The van der Waals surface area contributed by atoms with Crippen molar-refractivity contribution in [2.24, 2.45) is 0 Å². The number of aromatic nitrogens is 1. The maximum atomic E-state index is 13.3. The SMILES string of the molecule is OC/C=C(\F)c1ccc2ncccc2c1. The van der Waals surface area contributed by atoms with Crippen molar-refractivity contribution in [1.82, 2.24) is 4.98 Å². The molecule has 15 heavy (non-hydrogen) atoms.